The van der Waals surface area contributed by atoms with Crippen molar-refractivity contribution in [3.05, 3.63) is 96.1 Å². The summed E-state index contributed by atoms with van der Waals surface area (Å²) in [6.07, 6.45) is 1.60. The monoisotopic (exact) mass is 321 g/mol. The van der Waals surface area contributed by atoms with Crippen LogP contribution in [0.3, 0.4) is 0 Å². The maximum atomic E-state index is 9.73. The van der Waals surface area contributed by atoms with Crippen molar-refractivity contribution in [3.63, 3.8) is 0 Å². The lowest BCUT2D eigenvalue weighted by atomic mass is 9.99. The van der Waals surface area contributed by atoms with E-state index in [0.717, 1.165) is 11.4 Å². The zero-order chi connectivity index (χ0) is 17.6. The van der Waals surface area contributed by atoms with Crippen molar-refractivity contribution >= 4 is 23.1 Å². The molecule has 0 atom stereocenters. The minimum absolute atomic E-state index is 0.340. The van der Waals surface area contributed by atoms with Gasteiger partial charge in [0.15, 0.2) is 0 Å². The van der Waals surface area contributed by atoms with E-state index in [1.54, 1.807) is 6.08 Å². The average Bonchev–Trinajstić information content (AvgIpc) is 2.69. The summed E-state index contributed by atoms with van der Waals surface area (Å²) in [5, 5.41) is 19.3. The van der Waals surface area contributed by atoms with Crippen LogP contribution in [-0.4, -0.2) is 0 Å². The Morgan fingerprint density at radius 1 is 0.720 bits per heavy atom. The molecule has 0 radical (unpaired) electrons. The van der Waals surface area contributed by atoms with Gasteiger partial charge in [-0.2, -0.15) is 10.5 Å². The molecule has 118 valence electrons. The van der Waals surface area contributed by atoms with E-state index in [4.69, 9.17) is 0 Å². The molecule has 0 aliphatic heterocycles. The molecule has 0 saturated heterocycles. The summed E-state index contributed by atoms with van der Waals surface area (Å²) in [5.41, 5.74) is 3.84. The third-order valence-electron chi connectivity index (χ3n) is 3.93. The van der Waals surface area contributed by atoms with Gasteiger partial charge in [0.25, 0.3) is 0 Å². The summed E-state index contributed by atoms with van der Waals surface area (Å²) in [7, 11) is 0. The predicted octanol–water partition coefficient (Wildman–Crippen LogP) is 5.54. The Balaban J connectivity index is 2.31. The van der Waals surface area contributed by atoms with Crippen LogP contribution in [0.4, 0.5) is 17.1 Å². The van der Waals surface area contributed by atoms with E-state index in [-0.39, 0.29) is 0 Å². The van der Waals surface area contributed by atoms with Crippen LogP contribution in [0.5, 0.6) is 0 Å². The summed E-state index contributed by atoms with van der Waals surface area (Å²) in [6, 6.07) is 27.6. The molecule has 3 rings (SSSR count). The van der Waals surface area contributed by atoms with Gasteiger partial charge in [0.05, 0.1) is 16.8 Å². The molecule has 3 aromatic carbocycles. The second-order valence-corrected chi connectivity index (χ2v) is 5.36. The minimum atomic E-state index is 0.340. The fraction of sp³-hybridized carbons (Fsp3) is 0. The van der Waals surface area contributed by atoms with Crippen LogP contribution in [0.25, 0.3) is 6.08 Å². The van der Waals surface area contributed by atoms with Gasteiger partial charge in [-0.25, -0.2) is 0 Å². The number of benzene rings is 3. The minimum Gasteiger partial charge on any atom is -0.309 e. The van der Waals surface area contributed by atoms with Gasteiger partial charge < -0.3 is 4.90 Å². The van der Waals surface area contributed by atoms with Crippen LogP contribution in [0.15, 0.2) is 79.4 Å². The number of hydrogen-bond donors (Lipinski definition) is 0. The van der Waals surface area contributed by atoms with Gasteiger partial charge in [-0.1, -0.05) is 55.1 Å². The molecule has 0 aliphatic rings. The summed E-state index contributed by atoms with van der Waals surface area (Å²) in [5.74, 6) is 0. The maximum absolute atomic E-state index is 9.73. The van der Waals surface area contributed by atoms with Crippen LogP contribution in [0.1, 0.15) is 16.7 Å². The zero-order valence-electron chi connectivity index (χ0n) is 13.6. The number of nitrogens with zero attached hydrogens (tertiary/aromatic N) is 3. The molecule has 0 N–H and O–H groups in total. The van der Waals surface area contributed by atoms with Crippen molar-refractivity contribution in [1.29, 1.82) is 10.5 Å². The van der Waals surface area contributed by atoms with Crippen molar-refractivity contribution in [3.8, 4) is 12.1 Å². The molecule has 3 aromatic rings. The Bertz CT molecular complexity index is 938. The standard InChI is InChI=1S/C22H15N3/c1-2-17-13-14-22(21(16-24)20(17)15-23)25(18-9-5-3-6-10-18)19-11-7-4-8-12-19/h2-14H,1H2. The second kappa shape index (κ2) is 7.17. The Hall–Kier alpha value is -3.82. The zero-order valence-corrected chi connectivity index (χ0v) is 13.6. The maximum Gasteiger partial charge on any atom is 0.103 e. The smallest absolute Gasteiger partial charge is 0.103 e. The third kappa shape index (κ3) is 3.00. The molecule has 0 fully saturated rings. The first kappa shape index (κ1) is 16.1. The largest absolute Gasteiger partial charge is 0.309 e. The summed E-state index contributed by atoms with van der Waals surface area (Å²) in [6.45, 7) is 3.73. The highest BCUT2D eigenvalue weighted by atomic mass is 15.1. The Labute approximate surface area is 147 Å². The van der Waals surface area contributed by atoms with Crippen LogP contribution < -0.4 is 4.90 Å². The van der Waals surface area contributed by atoms with Crippen molar-refractivity contribution < 1.29 is 0 Å². The highest BCUT2D eigenvalue weighted by Gasteiger charge is 2.19. The Morgan fingerprint density at radius 2 is 1.24 bits per heavy atom. The quantitative estimate of drug-likeness (QED) is 0.633. The molecule has 0 amide bonds. The number of para-hydroxylation sites is 2. The molecule has 3 nitrogen and oxygen atoms in total. The number of hydrogen-bond acceptors (Lipinski definition) is 3. The summed E-state index contributed by atoms with van der Waals surface area (Å²) in [4.78, 5) is 1.98. The molecular weight excluding hydrogens is 306 g/mol. The lowest BCUT2D eigenvalue weighted by Crippen LogP contribution is -2.12. The molecule has 25 heavy (non-hydrogen) atoms. The van der Waals surface area contributed by atoms with Crippen molar-refractivity contribution in [2.75, 3.05) is 4.90 Å². The van der Waals surface area contributed by atoms with E-state index in [2.05, 4.69) is 18.7 Å². The van der Waals surface area contributed by atoms with Gasteiger partial charge >= 0.3 is 0 Å². The van der Waals surface area contributed by atoms with E-state index < -0.39 is 0 Å². The lowest BCUT2D eigenvalue weighted by molar-refractivity contribution is 1.26. The normalized spacial score (nSPS) is 9.68. The highest BCUT2D eigenvalue weighted by molar-refractivity contribution is 5.83. The summed E-state index contributed by atoms with van der Waals surface area (Å²) < 4.78 is 0. The second-order valence-electron chi connectivity index (χ2n) is 5.36. The predicted molar refractivity (Wildman–Crippen MR) is 101 cm³/mol. The first-order valence-corrected chi connectivity index (χ1v) is 7.80. The highest BCUT2D eigenvalue weighted by Crippen LogP contribution is 2.38. The topological polar surface area (TPSA) is 50.8 Å². The molecule has 3 heteroatoms. The van der Waals surface area contributed by atoms with Gasteiger partial charge in [-0.15, -0.1) is 0 Å². The molecular formula is C22H15N3. The van der Waals surface area contributed by atoms with Gasteiger partial charge in [-0.3, -0.25) is 0 Å². The van der Waals surface area contributed by atoms with Gasteiger partial charge in [0, 0.05) is 11.4 Å². The van der Waals surface area contributed by atoms with E-state index in [1.165, 1.54) is 0 Å². The molecule has 0 bridgehead atoms. The Morgan fingerprint density at radius 3 is 1.68 bits per heavy atom. The molecule has 0 heterocycles. The van der Waals surface area contributed by atoms with Crippen LogP contribution in [-0.2, 0) is 0 Å². The van der Waals surface area contributed by atoms with Crippen LogP contribution >= 0.6 is 0 Å². The van der Waals surface area contributed by atoms with E-state index in [9.17, 15) is 10.5 Å². The Kier molecular flexibility index (Phi) is 4.60. The van der Waals surface area contributed by atoms with Crippen molar-refractivity contribution in [1.82, 2.24) is 0 Å². The van der Waals surface area contributed by atoms with E-state index in [1.807, 2.05) is 77.7 Å². The van der Waals surface area contributed by atoms with Gasteiger partial charge in [0.2, 0.25) is 0 Å². The van der Waals surface area contributed by atoms with E-state index >= 15 is 0 Å². The van der Waals surface area contributed by atoms with Crippen LogP contribution in [0, 0.1) is 22.7 Å². The molecule has 0 unspecified atom stereocenters. The summed E-state index contributed by atoms with van der Waals surface area (Å²) >= 11 is 0. The molecule has 0 aromatic heterocycles. The first-order chi connectivity index (χ1) is 12.3. The number of nitriles is 2. The number of rotatable bonds is 4. The first-order valence-electron chi connectivity index (χ1n) is 7.80. The van der Waals surface area contributed by atoms with E-state index in [0.29, 0.717) is 22.4 Å². The number of anilines is 3. The third-order valence-corrected chi connectivity index (χ3v) is 3.93. The van der Waals surface area contributed by atoms with Crippen molar-refractivity contribution in [2.24, 2.45) is 0 Å². The molecule has 0 spiro atoms. The molecule has 0 aliphatic carbocycles. The average molecular weight is 321 g/mol. The van der Waals surface area contributed by atoms with Gasteiger partial charge in [0.1, 0.15) is 12.1 Å². The van der Waals surface area contributed by atoms with Crippen molar-refractivity contribution in [2.45, 2.75) is 0 Å². The SMILES string of the molecule is C=Cc1ccc(N(c2ccccc2)c2ccccc2)c(C#N)c1C#N. The van der Waals surface area contributed by atoms with Crippen LogP contribution in [0.2, 0.25) is 0 Å². The fourth-order valence-corrected chi connectivity index (χ4v) is 2.78. The fourth-order valence-electron chi connectivity index (χ4n) is 2.78. The lowest BCUT2D eigenvalue weighted by Gasteiger charge is -2.26. The van der Waals surface area contributed by atoms with Gasteiger partial charge in [-0.05, 0) is 35.9 Å². The molecule has 0 saturated carbocycles.